The number of benzene rings is 1. The minimum atomic E-state index is -3.51. The van der Waals surface area contributed by atoms with Crippen molar-refractivity contribution in [3.8, 4) is 0 Å². The lowest BCUT2D eigenvalue weighted by Crippen LogP contribution is -2.53. The van der Waals surface area contributed by atoms with Gasteiger partial charge in [-0.05, 0) is 24.1 Å². The summed E-state index contributed by atoms with van der Waals surface area (Å²) in [5.74, 6) is 0.141. The molecule has 0 saturated carbocycles. The van der Waals surface area contributed by atoms with Crippen LogP contribution in [0.5, 0.6) is 0 Å². The molecule has 1 atom stereocenters. The summed E-state index contributed by atoms with van der Waals surface area (Å²) >= 11 is 0. The topological polar surface area (TPSA) is 83.7 Å². The van der Waals surface area contributed by atoms with E-state index >= 15 is 0 Å². The molecule has 2 aliphatic heterocycles. The van der Waals surface area contributed by atoms with Crippen molar-refractivity contribution in [1.82, 2.24) is 9.21 Å². The Kier molecular flexibility index (Phi) is 3.73. The number of sulfonamides is 1. The number of carbonyl (C=O) groups excluding carboxylic acids is 1. The standard InChI is InChI=1S/C14H19N3O3S/c15-9-11-2-1-3-13(8-11)21(19,20)16-6-7-17-12(10-16)4-5-14(17)18/h1-3,8,12H,4-7,9-10,15H2. The largest absolute Gasteiger partial charge is 0.337 e. The molecule has 2 aliphatic rings. The van der Waals surface area contributed by atoms with Gasteiger partial charge in [-0.15, -0.1) is 0 Å². The van der Waals surface area contributed by atoms with Crippen molar-refractivity contribution in [3.05, 3.63) is 29.8 Å². The smallest absolute Gasteiger partial charge is 0.243 e. The summed E-state index contributed by atoms with van der Waals surface area (Å²) < 4.78 is 26.9. The predicted molar refractivity (Wildman–Crippen MR) is 77.8 cm³/mol. The highest BCUT2D eigenvalue weighted by molar-refractivity contribution is 7.89. The van der Waals surface area contributed by atoms with Gasteiger partial charge < -0.3 is 10.6 Å². The van der Waals surface area contributed by atoms with Gasteiger partial charge in [-0.3, -0.25) is 4.79 Å². The SMILES string of the molecule is NCc1cccc(S(=O)(=O)N2CCN3C(=O)CCC3C2)c1. The van der Waals surface area contributed by atoms with Crippen LogP contribution in [0.25, 0.3) is 0 Å². The maximum atomic E-state index is 12.7. The molecule has 2 saturated heterocycles. The van der Waals surface area contributed by atoms with E-state index in [1.54, 1.807) is 18.2 Å². The van der Waals surface area contributed by atoms with Gasteiger partial charge in [0, 0.05) is 38.6 Å². The minimum absolute atomic E-state index is 0.0266. The Morgan fingerprint density at radius 3 is 2.86 bits per heavy atom. The number of nitrogens with zero attached hydrogens (tertiary/aromatic N) is 2. The number of hydrogen-bond donors (Lipinski definition) is 1. The Morgan fingerprint density at radius 1 is 1.29 bits per heavy atom. The first-order chi connectivity index (χ1) is 10.0. The number of amides is 1. The molecule has 3 rings (SSSR count). The molecule has 0 radical (unpaired) electrons. The molecule has 1 amide bonds. The number of nitrogens with two attached hydrogens (primary N) is 1. The molecule has 7 heteroatoms. The average molecular weight is 309 g/mol. The Hall–Kier alpha value is -1.44. The lowest BCUT2D eigenvalue weighted by atomic mass is 10.2. The highest BCUT2D eigenvalue weighted by Gasteiger charge is 2.39. The van der Waals surface area contributed by atoms with Crippen LogP contribution in [0.15, 0.2) is 29.2 Å². The zero-order chi connectivity index (χ0) is 15.0. The summed E-state index contributed by atoms with van der Waals surface area (Å²) in [6.07, 6.45) is 1.27. The lowest BCUT2D eigenvalue weighted by Gasteiger charge is -2.36. The van der Waals surface area contributed by atoms with E-state index in [0.29, 0.717) is 32.6 Å². The third-order valence-corrected chi connectivity index (χ3v) is 6.09. The summed E-state index contributed by atoms with van der Waals surface area (Å²) in [7, 11) is -3.51. The number of carbonyl (C=O) groups is 1. The number of piperazine rings is 1. The van der Waals surface area contributed by atoms with E-state index in [-0.39, 0.29) is 16.8 Å². The van der Waals surface area contributed by atoms with Crippen molar-refractivity contribution in [2.75, 3.05) is 19.6 Å². The van der Waals surface area contributed by atoms with Crippen LogP contribution in [0, 0.1) is 0 Å². The van der Waals surface area contributed by atoms with E-state index in [1.807, 2.05) is 11.0 Å². The summed E-state index contributed by atoms with van der Waals surface area (Å²) in [4.78, 5) is 13.8. The molecule has 21 heavy (non-hydrogen) atoms. The maximum Gasteiger partial charge on any atom is 0.243 e. The summed E-state index contributed by atoms with van der Waals surface area (Å²) in [5.41, 5.74) is 6.37. The van der Waals surface area contributed by atoms with Gasteiger partial charge >= 0.3 is 0 Å². The van der Waals surface area contributed by atoms with Crippen LogP contribution >= 0.6 is 0 Å². The molecule has 1 unspecified atom stereocenters. The fraction of sp³-hybridized carbons (Fsp3) is 0.500. The Bertz CT molecular complexity index is 659. The molecule has 2 N–H and O–H groups in total. The van der Waals surface area contributed by atoms with Gasteiger partial charge in [-0.1, -0.05) is 12.1 Å². The first-order valence-electron chi connectivity index (χ1n) is 7.11. The average Bonchev–Trinajstić information content (AvgIpc) is 2.88. The quantitative estimate of drug-likeness (QED) is 0.861. The molecule has 0 aromatic heterocycles. The second-order valence-electron chi connectivity index (χ2n) is 5.49. The van der Waals surface area contributed by atoms with Crippen molar-refractivity contribution in [2.45, 2.75) is 30.3 Å². The van der Waals surface area contributed by atoms with Gasteiger partial charge in [0.1, 0.15) is 0 Å². The van der Waals surface area contributed by atoms with Gasteiger partial charge in [0.2, 0.25) is 15.9 Å². The van der Waals surface area contributed by atoms with Crippen LogP contribution in [0.1, 0.15) is 18.4 Å². The van der Waals surface area contributed by atoms with E-state index in [4.69, 9.17) is 5.73 Å². The lowest BCUT2D eigenvalue weighted by molar-refractivity contribution is -0.130. The Labute approximate surface area is 124 Å². The second kappa shape index (κ2) is 5.40. The molecular formula is C14H19N3O3S. The zero-order valence-electron chi connectivity index (χ0n) is 11.7. The number of hydrogen-bond acceptors (Lipinski definition) is 4. The van der Waals surface area contributed by atoms with Crippen molar-refractivity contribution in [3.63, 3.8) is 0 Å². The minimum Gasteiger partial charge on any atom is -0.337 e. The van der Waals surface area contributed by atoms with E-state index in [1.165, 1.54) is 4.31 Å². The van der Waals surface area contributed by atoms with Crippen molar-refractivity contribution < 1.29 is 13.2 Å². The summed E-state index contributed by atoms with van der Waals surface area (Å²) in [5, 5.41) is 0. The third kappa shape index (κ3) is 2.56. The molecule has 6 nitrogen and oxygen atoms in total. The van der Waals surface area contributed by atoms with Gasteiger partial charge in [-0.25, -0.2) is 8.42 Å². The second-order valence-corrected chi connectivity index (χ2v) is 7.43. The molecule has 0 spiro atoms. The number of rotatable bonds is 3. The maximum absolute atomic E-state index is 12.7. The van der Waals surface area contributed by atoms with Crippen LogP contribution in [0.3, 0.4) is 0 Å². The highest BCUT2D eigenvalue weighted by atomic mass is 32.2. The summed E-state index contributed by atoms with van der Waals surface area (Å²) in [6.45, 7) is 1.55. The fourth-order valence-electron chi connectivity index (χ4n) is 3.04. The van der Waals surface area contributed by atoms with E-state index in [2.05, 4.69) is 0 Å². The molecular weight excluding hydrogens is 290 g/mol. The molecule has 2 heterocycles. The van der Waals surface area contributed by atoms with E-state index in [0.717, 1.165) is 12.0 Å². The fourth-order valence-corrected chi connectivity index (χ4v) is 4.58. The normalized spacial score (nSPS) is 23.4. The first-order valence-corrected chi connectivity index (χ1v) is 8.55. The van der Waals surface area contributed by atoms with Gasteiger partial charge in [0.25, 0.3) is 0 Å². The first kappa shape index (κ1) is 14.5. The monoisotopic (exact) mass is 309 g/mol. The van der Waals surface area contributed by atoms with Crippen molar-refractivity contribution in [2.24, 2.45) is 5.73 Å². The molecule has 0 aliphatic carbocycles. The molecule has 114 valence electrons. The summed E-state index contributed by atoms with van der Waals surface area (Å²) in [6, 6.07) is 6.78. The van der Waals surface area contributed by atoms with Gasteiger partial charge in [0.15, 0.2) is 0 Å². The van der Waals surface area contributed by atoms with Gasteiger partial charge in [0.05, 0.1) is 4.90 Å². The van der Waals surface area contributed by atoms with Crippen LogP contribution in [-0.2, 0) is 21.4 Å². The third-order valence-electron chi connectivity index (χ3n) is 4.23. The Balaban J connectivity index is 1.84. The van der Waals surface area contributed by atoms with Crippen LogP contribution in [0.2, 0.25) is 0 Å². The van der Waals surface area contributed by atoms with Crippen molar-refractivity contribution >= 4 is 15.9 Å². The molecule has 1 aromatic rings. The zero-order valence-corrected chi connectivity index (χ0v) is 12.6. The predicted octanol–water partition coefficient (Wildman–Crippen LogP) is 0.141. The van der Waals surface area contributed by atoms with E-state index < -0.39 is 10.0 Å². The Morgan fingerprint density at radius 2 is 2.10 bits per heavy atom. The molecule has 0 bridgehead atoms. The van der Waals surface area contributed by atoms with E-state index in [9.17, 15) is 13.2 Å². The van der Waals surface area contributed by atoms with Crippen LogP contribution in [0.4, 0.5) is 0 Å². The van der Waals surface area contributed by atoms with Gasteiger partial charge in [-0.2, -0.15) is 4.31 Å². The molecule has 1 aromatic carbocycles. The van der Waals surface area contributed by atoms with Crippen molar-refractivity contribution in [1.29, 1.82) is 0 Å². The highest BCUT2D eigenvalue weighted by Crippen LogP contribution is 2.26. The van der Waals surface area contributed by atoms with Crippen LogP contribution in [-0.4, -0.2) is 49.2 Å². The number of fused-ring (bicyclic) bond motifs is 1. The van der Waals surface area contributed by atoms with Crippen LogP contribution < -0.4 is 5.73 Å². The molecule has 2 fully saturated rings.